The van der Waals surface area contributed by atoms with Crippen LogP contribution in [0.5, 0.6) is 0 Å². The first-order valence-electron chi connectivity index (χ1n) is 11.6. The lowest BCUT2D eigenvalue weighted by Gasteiger charge is -2.54. The summed E-state index contributed by atoms with van der Waals surface area (Å²) in [6.45, 7) is 15.4. The minimum absolute atomic E-state index is 0.183. The van der Waals surface area contributed by atoms with Crippen LogP contribution in [0.2, 0.25) is 0 Å². The molecule has 0 aromatic heterocycles. The Morgan fingerprint density at radius 3 is 1.68 bits per heavy atom. The van der Waals surface area contributed by atoms with Crippen LogP contribution in [0.4, 0.5) is 0 Å². The van der Waals surface area contributed by atoms with Crippen LogP contribution in [0.3, 0.4) is 0 Å². The first kappa shape index (κ1) is 18.4. The molecule has 0 spiro atoms. The smallest absolute Gasteiger partial charge is 0.0711 e. The second-order valence-corrected chi connectivity index (χ2v) is 14.8. The number of hydrogen-bond acceptors (Lipinski definition) is 1. The summed E-state index contributed by atoms with van der Waals surface area (Å²) in [5.41, 5.74) is 3.06. The quantitative estimate of drug-likeness (QED) is 0.513. The zero-order valence-corrected chi connectivity index (χ0v) is 19.4. The molecule has 1 saturated heterocycles. The third-order valence-electron chi connectivity index (χ3n) is 11.4. The Bertz CT molecular complexity index is 767. The molecule has 4 saturated carbocycles. The van der Waals surface area contributed by atoms with Crippen LogP contribution in [-0.4, -0.2) is 23.5 Å². The lowest BCUT2D eigenvalue weighted by atomic mass is 9.68. The molecule has 4 aliphatic carbocycles. The molecule has 5 aliphatic rings. The Balaban J connectivity index is 1.55. The predicted molar refractivity (Wildman–Crippen MR) is 118 cm³/mol. The second kappa shape index (κ2) is 5.26. The van der Waals surface area contributed by atoms with Gasteiger partial charge in [0.1, 0.15) is 0 Å². The molecule has 2 heteroatoms. The normalized spacial score (nSPS) is 54.6. The van der Waals surface area contributed by atoms with Gasteiger partial charge in [-0.25, -0.2) is 0 Å². The summed E-state index contributed by atoms with van der Waals surface area (Å²) in [6.07, 6.45) is 6.52. The largest absolute Gasteiger partial charge is 0.372 e. The van der Waals surface area contributed by atoms with Gasteiger partial charge in [0.2, 0.25) is 0 Å². The van der Waals surface area contributed by atoms with Gasteiger partial charge in [-0.2, -0.15) is 0 Å². The van der Waals surface area contributed by atoms with E-state index in [2.05, 4.69) is 71.9 Å². The highest BCUT2D eigenvalue weighted by Crippen LogP contribution is 2.81. The van der Waals surface area contributed by atoms with Crippen LogP contribution in [0, 0.1) is 33.5 Å². The summed E-state index contributed by atoms with van der Waals surface area (Å²) in [5.74, 6) is 1.68. The Morgan fingerprint density at radius 1 is 0.750 bits per heavy atom. The average Bonchev–Trinajstić information content (AvgIpc) is 3.17. The summed E-state index contributed by atoms with van der Waals surface area (Å²) in [4.78, 5) is 0. The van der Waals surface area contributed by atoms with Crippen LogP contribution in [0.25, 0.3) is 0 Å². The maximum Gasteiger partial charge on any atom is 0.0711 e. The van der Waals surface area contributed by atoms with Crippen molar-refractivity contribution in [3.8, 4) is 0 Å². The molecular formula is C26H37OP. The van der Waals surface area contributed by atoms with Crippen molar-refractivity contribution in [2.45, 2.75) is 90.8 Å². The SMILES string of the molecule is CC1(C)[C@@H]2CC[C@@]1(C)[C@@H]1O[C@H]3[C@H]([C@H]4CC[C@]3(C)C4(C)C)P(c3ccccc3)[C@H]21. The molecule has 0 N–H and O–H groups in total. The molecule has 1 aromatic rings. The molecule has 1 unspecified atom stereocenters. The van der Waals surface area contributed by atoms with E-state index < -0.39 is 0 Å². The van der Waals surface area contributed by atoms with Gasteiger partial charge in [-0.1, -0.05) is 79.8 Å². The molecule has 1 aliphatic heterocycles. The minimum atomic E-state index is -0.183. The van der Waals surface area contributed by atoms with E-state index in [1.54, 1.807) is 5.30 Å². The third-order valence-corrected chi connectivity index (χ3v) is 14.9. The zero-order chi connectivity index (χ0) is 19.7. The van der Waals surface area contributed by atoms with Gasteiger partial charge in [-0.15, -0.1) is 0 Å². The van der Waals surface area contributed by atoms with Crippen molar-refractivity contribution in [2.75, 3.05) is 0 Å². The highest BCUT2D eigenvalue weighted by molar-refractivity contribution is 7.67. The molecule has 1 heterocycles. The van der Waals surface area contributed by atoms with Gasteiger partial charge >= 0.3 is 0 Å². The Labute approximate surface area is 172 Å². The van der Waals surface area contributed by atoms with Crippen molar-refractivity contribution in [1.82, 2.24) is 0 Å². The average molecular weight is 397 g/mol. The van der Waals surface area contributed by atoms with E-state index in [9.17, 15) is 0 Å². The van der Waals surface area contributed by atoms with Crippen LogP contribution in [-0.2, 0) is 4.74 Å². The summed E-state index contributed by atoms with van der Waals surface area (Å²) in [7, 11) is -0.183. The third kappa shape index (κ3) is 1.77. The fourth-order valence-corrected chi connectivity index (χ4v) is 13.8. The fourth-order valence-electron chi connectivity index (χ4n) is 8.95. The van der Waals surface area contributed by atoms with Crippen molar-refractivity contribution in [3.63, 3.8) is 0 Å². The molecule has 4 bridgehead atoms. The van der Waals surface area contributed by atoms with Gasteiger partial charge in [0.05, 0.1) is 12.2 Å². The van der Waals surface area contributed by atoms with E-state index in [-0.39, 0.29) is 7.92 Å². The number of fused-ring (bicyclic) bond motifs is 10. The monoisotopic (exact) mass is 396 g/mol. The van der Waals surface area contributed by atoms with Crippen LogP contribution in [0.15, 0.2) is 30.3 Å². The highest BCUT2D eigenvalue weighted by atomic mass is 31.1. The number of hydrogen-bond donors (Lipinski definition) is 0. The summed E-state index contributed by atoms with van der Waals surface area (Å²) < 4.78 is 7.35. The molecule has 5 fully saturated rings. The molecule has 0 amide bonds. The van der Waals surface area contributed by atoms with Crippen molar-refractivity contribution in [3.05, 3.63) is 30.3 Å². The van der Waals surface area contributed by atoms with Crippen LogP contribution < -0.4 is 5.30 Å². The molecule has 152 valence electrons. The standard InChI is InChI=1S/C26H37OP/c1-23(2)17-12-14-25(23,5)21-19(17)28(16-10-8-7-9-11-16)20-18-13-15-26(6,22(20)27-21)24(18,3)4/h7-11,17-22H,12-15H2,1-6H3/t17-,18-,19-,20+,21-,22+,25+,26+,28?/m1/s1. The van der Waals surface area contributed by atoms with Crippen molar-refractivity contribution >= 4 is 13.2 Å². The highest BCUT2D eigenvalue weighted by Gasteiger charge is 2.77. The molecule has 9 atom stereocenters. The van der Waals surface area contributed by atoms with Gasteiger partial charge in [0.15, 0.2) is 0 Å². The summed E-state index contributed by atoms with van der Waals surface area (Å²) in [5, 5.41) is 1.67. The molecule has 1 aromatic carbocycles. The first-order valence-corrected chi connectivity index (χ1v) is 13.1. The Kier molecular flexibility index (Phi) is 3.45. The van der Waals surface area contributed by atoms with Crippen LogP contribution >= 0.6 is 7.92 Å². The van der Waals surface area contributed by atoms with E-state index in [4.69, 9.17) is 4.74 Å². The minimum Gasteiger partial charge on any atom is -0.372 e. The number of benzene rings is 1. The van der Waals surface area contributed by atoms with Crippen LogP contribution in [0.1, 0.15) is 67.2 Å². The molecule has 28 heavy (non-hydrogen) atoms. The van der Waals surface area contributed by atoms with E-state index in [1.807, 2.05) is 0 Å². The molecule has 6 rings (SSSR count). The Hall–Kier alpha value is -0.390. The topological polar surface area (TPSA) is 9.23 Å². The van der Waals surface area contributed by atoms with E-state index in [0.29, 0.717) is 33.9 Å². The number of ether oxygens (including phenoxy) is 1. The fraction of sp³-hybridized carbons (Fsp3) is 0.769. The maximum atomic E-state index is 7.35. The van der Waals surface area contributed by atoms with Crippen molar-refractivity contribution < 1.29 is 4.74 Å². The van der Waals surface area contributed by atoms with E-state index >= 15 is 0 Å². The van der Waals surface area contributed by atoms with E-state index in [1.165, 1.54) is 25.7 Å². The van der Waals surface area contributed by atoms with Gasteiger partial charge in [-0.05, 0) is 64.5 Å². The summed E-state index contributed by atoms with van der Waals surface area (Å²) >= 11 is 0. The lowest BCUT2D eigenvalue weighted by Crippen LogP contribution is -2.56. The van der Waals surface area contributed by atoms with Gasteiger partial charge in [0.25, 0.3) is 0 Å². The van der Waals surface area contributed by atoms with Gasteiger partial charge in [0, 0.05) is 11.3 Å². The van der Waals surface area contributed by atoms with Crippen molar-refractivity contribution in [1.29, 1.82) is 0 Å². The first-order chi connectivity index (χ1) is 13.1. The maximum absolute atomic E-state index is 7.35. The zero-order valence-electron chi connectivity index (χ0n) is 18.5. The van der Waals surface area contributed by atoms with Gasteiger partial charge < -0.3 is 4.74 Å². The second-order valence-electron chi connectivity index (χ2n) is 12.3. The Morgan fingerprint density at radius 2 is 1.21 bits per heavy atom. The van der Waals surface area contributed by atoms with Gasteiger partial charge in [-0.3, -0.25) is 0 Å². The number of rotatable bonds is 1. The summed E-state index contributed by atoms with van der Waals surface area (Å²) in [6, 6.07) is 11.7. The van der Waals surface area contributed by atoms with Crippen molar-refractivity contribution in [2.24, 2.45) is 33.5 Å². The molecule has 1 nitrogen and oxygen atoms in total. The predicted octanol–water partition coefficient (Wildman–Crippen LogP) is 6.21. The van der Waals surface area contributed by atoms with E-state index in [0.717, 1.165) is 23.2 Å². The molecule has 0 radical (unpaired) electrons. The lowest BCUT2D eigenvalue weighted by molar-refractivity contribution is -0.135. The molecular weight excluding hydrogens is 359 g/mol.